The maximum atomic E-state index is 8.78. The van der Waals surface area contributed by atoms with Crippen LogP contribution in [0, 0.1) is 11.3 Å². The molecule has 0 unspecified atom stereocenters. The van der Waals surface area contributed by atoms with E-state index in [0.717, 1.165) is 23.6 Å². The van der Waals surface area contributed by atoms with E-state index in [0.29, 0.717) is 19.5 Å². The molecule has 2 rings (SSSR count). The molecule has 4 heteroatoms. The number of ether oxygens (including phenoxy) is 1. The van der Waals surface area contributed by atoms with Gasteiger partial charge in [0.15, 0.2) is 0 Å². The standard InChI is InChI=1S/C18H20N2O2/c1-21-18-10-3-2-7-16(18)8-4-12-20(13-6-11-19)15-17-9-5-14-22-17/h2-5,7-10,14H,6,12-13,15H2,1H3/b8-4-. The van der Waals surface area contributed by atoms with Gasteiger partial charge in [0.25, 0.3) is 0 Å². The van der Waals surface area contributed by atoms with E-state index in [1.54, 1.807) is 13.4 Å². The molecule has 114 valence electrons. The molecule has 0 N–H and O–H groups in total. The second kappa shape index (κ2) is 8.71. The van der Waals surface area contributed by atoms with Crippen LogP contribution in [0.15, 0.2) is 53.2 Å². The normalized spacial score (nSPS) is 11.0. The fourth-order valence-corrected chi connectivity index (χ4v) is 2.20. The van der Waals surface area contributed by atoms with E-state index in [1.807, 2.05) is 42.5 Å². The molecule has 0 atom stereocenters. The first-order chi connectivity index (χ1) is 10.8. The quantitative estimate of drug-likeness (QED) is 0.745. The molecule has 0 spiro atoms. The molecule has 2 aromatic rings. The van der Waals surface area contributed by atoms with Gasteiger partial charge < -0.3 is 9.15 Å². The van der Waals surface area contributed by atoms with E-state index in [2.05, 4.69) is 17.0 Å². The summed E-state index contributed by atoms with van der Waals surface area (Å²) in [5, 5.41) is 8.78. The minimum atomic E-state index is 0.503. The maximum absolute atomic E-state index is 8.78. The number of para-hydroxylation sites is 1. The Bertz CT molecular complexity index is 627. The highest BCUT2D eigenvalue weighted by Gasteiger charge is 2.06. The molecule has 0 fully saturated rings. The van der Waals surface area contributed by atoms with Crippen molar-refractivity contribution in [2.75, 3.05) is 20.2 Å². The average Bonchev–Trinajstić information content (AvgIpc) is 3.06. The van der Waals surface area contributed by atoms with Gasteiger partial charge in [-0.15, -0.1) is 0 Å². The van der Waals surface area contributed by atoms with E-state index in [1.165, 1.54) is 0 Å². The summed E-state index contributed by atoms with van der Waals surface area (Å²) >= 11 is 0. The van der Waals surface area contributed by atoms with E-state index in [-0.39, 0.29) is 0 Å². The molecule has 22 heavy (non-hydrogen) atoms. The monoisotopic (exact) mass is 296 g/mol. The van der Waals surface area contributed by atoms with Crippen LogP contribution in [0.2, 0.25) is 0 Å². The molecule has 0 aliphatic heterocycles. The first kappa shape index (κ1) is 15.9. The molecular formula is C18H20N2O2. The lowest BCUT2D eigenvalue weighted by Crippen LogP contribution is -2.24. The third-order valence-corrected chi connectivity index (χ3v) is 3.30. The zero-order valence-corrected chi connectivity index (χ0v) is 12.7. The van der Waals surface area contributed by atoms with Crippen LogP contribution in [0.3, 0.4) is 0 Å². The van der Waals surface area contributed by atoms with E-state index < -0.39 is 0 Å². The Morgan fingerprint density at radius 3 is 2.86 bits per heavy atom. The molecular weight excluding hydrogens is 276 g/mol. The smallest absolute Gasteiger partial charge is 0.126 e. The van der Waals surface area contributed by atoms with Crippen LogP contribution >= 0.6 is 0 Å². The summed E-state index contributed by atoms with van der Waals surface area (Å²) < 4.78 is 10.7. The van der Waals surface area contributed by atoms with Crippen molar-refractivity contribution >= 4 is 6.08 Å². The van der Waals surface area contributed by atoms with Crippen LogP contribution in [0.1, 0.15) is 17.7 Å². The van der Waals surface area contributed by atoms with E-state index in [9.17, 15) is 0 Å². The van der Waals surface area contributed by atoms with E-state index in [4.69, 9.17) is 14.4 Å². The fraction of sp³-hybridized carbons (Fsp3) is 0.278. The zero-order valence-electron chi connectivity index (χ0n) is 12.7. The highest BCUT2D eigenvalue weighted by Crippen LogP contribution is 2.18. The molecule has 1 aromatic heterocycles. The lowest BCUT2D eigenvalue weighted by Gasteiger charge is -2.17. The zero-order chi connectivity index (χ0) is 15.6. The van der Waals surface area contributed by atoms with Crippen LogP contribution in [-0.2, 0) is 6.54 Å². The average molecular weight is 296 g/mol. The fourth-order valence-electron chi connectivity index (χ4n) is 2.20. The molecule has 0 saturated carbocycles. The highest BCUT2D eigenvalue weighted by molar-refractivity contribution is 5.57. The Hall–Kier alpha value is -2.51. The molecule has 0 bridgehead atoms. The van der Waals surface area contributed by atoms with Gasteiger partial charge in [0.2, 0.25) is 0 Å². The molecule has 1 aromatic carbocycles. The van der Waals surface area contributed by atoms with Gasteiger partial charge in [-0.05, 0) is 18.2 Å². The third-order valence-electron chi connectivity index (χ3n) is 3.30. The third kappa shape index (κ3) is 4.80. The lowest BCUT2D eigenvalue weighted by molar-refractivity contribution is 0.274. The number of furan rings is 1. The van der Waals surface area contributed by atoms with Gasteiger partial charge in [-0.1, -0.05) is 30.4 Å². The summed E-state index contributed by atoms with van der Waals surface area (Å²) in [4.78, 5) is 2.17. The van der Waals surface area contributed by atoms with Gasteiger partial charge in [-0.3, -0.25) is 4.90 Å². The van der Waals surface area contributed by atoms with Crippen molar-refractivity contribution in [1.29, 1.82) is 5.26 Å². The Kier molecular flexibility index (Phi) is 6.28. The van der Waals surface area contributed by atoms with Crippen LogP contribution in [0.4, 0.5) is 0 Å². The lowest BCUT2D eigenvalue weighted by atomic mass is 10.2. The predicted molar refractivity (Wildman–Crippen MR) is 86.2 cm³/mol. The van der Waals surface area contributed by atoms with Gasteiger partial charge in [0.05, 0.1) is 26.0 Å². The van der Waals surface area contributed by atoms with Crippen LogP contribution < -0.4 is 4.74 Å². The summed E-state index contributed by atoms with van der Waals surface area (Å²) in [6.07, 6.45) is 6.30. The van der Waals surface area contributed by atoms with Crippen molar-refractivity contribution in [2.24, 2.45) is 0 Å². The highest BCUT2D eigenvalue weighted by atomic mass is 16.5. The van der Waals surface area contributed by atoms with Gasteiger partial charge in [0, 0.05) is 25.1 Å². The van der Waals surface area contributed by atoms with Gasteiger partial charge in [-0.2, -0.15) is 5.26 Å². The van der Waals surface area contributed by atoms with Crippen molar-refractivity contribution < 1.29 is 9.15 Å². The second-order valence-electron chi connectivity index (χ2n) is 4.87. The largest absolute Gasteiger partial charge is 0.496 e. The van der Waals surface area contributed by atoms with Crippen molar-refractivity contribution in [3.8, 4) is 11.8 Å². The number of hydrogen-bond acceptors (Lipinski definition) is 4. The minimum absolute atomic E-state index is 0.503. The van der Waals surface area contributed by atoms with Crippen molar-refractivity contribution in [1.82, 2.24) is 4.90 Å². The van der Waals surface area contributed by atoms with Crippen LogP contribution in [0.5, 0.6) is 5.75 Å². The molecule has 1 heterocycles. The van der Waals surface area contributed by atoms with Crippen LogP contribution in [0.25, 0.3) is 6.08 Å². The molecule has 4 nitrogen and oxygen atoms in total. The Balaban J connectivity index is 1.97. The Morgan fingerprint density at radius 2 is 2.14 bits per heavy atom. The number of rotatable bonds is 8. The van der Waals surface area contributed by atoms with Gasteiger partial charge >= 0.3 is 0 Å². The number of methoxy groups -OCH3 is 1. The van der Waals surface area contributed by atoms with Crippen molar-refractivity contribution in [3.63, 3.8) is 0 Å². The first-order valence-electron chi connectivity index (χ1n) is 7.24. The number of nitriles is 1. The van der Waals surface area contributed by atoms with Crippen molar-refractivity contribution in [2.45, 2.75) is 13.0 Å². The van der Waals surface area contributed by atoms with Crippen LogP contribution in [-0.4, -0.2) is 25.1 Å². The summed E-state index contributed by atoms with van der Waals surface area (Å²) in [5.41, 5.74) is 1.04. The van der Waals surface area contributed by atoms with E-state index >= 15 is 0 Å². The second-order valence-corrected chi connectivity index (χ2v) is 4.87. The van der Waals surface area contributed by atoms with Gasteiger partial charge in [0.1, 0.15) is 11.5 Å². The topological polar surface area (TPSA) is 49.4 Å². The Morgan fingerprint density at radius 1 is 1.27 bits per heavy atom. The minimum Gasteiger partial charge on any atom is -0.496 e. The molecule has 0 aliphatic rings. The number of benzene rings is 1. The number of nitrogens with zero attached hydrogens (tertiary/aromatic N) is 2. The predicted octanol–water partition coefficient (Wildman–Crippen LogP) is 3.72. The number of hydrogen-bond donors (Lipinski definition) is 0. The molecule has 0 saturated heterocycles. The SMILES string of the molecule is COc1ccccc1/C=C\CN(CCC#N)Cc1ccco1. The Labute approximate surface area is 131 Å². The summed E-state index contributed by atoms with van der Waals surface area (Å²) in [6.45, 7) is 2.17. The van der Waals surface area contributed by atoms with Crippen molar-refractivity contribution in [3.05, 3.63) is 60.1 Å². The van der Waals surface area contributed by atoms with Gasteiger partial charge in [-0.25, -0.2) is 0 Å². The molecule has 0 radical (unpaired) electrons. The summed E-state index contributed by atoms with van der Waals surface area (Å²) in [6, 6.07) is 13.9. The molecule has 0 amide bonds. The molecule has 0 aliphatic carbocycles. The summed E-state index contributed by atoms with van der Waals surface area (Å²) in [5.74, 6) is 1.76. The summed E-state index contributed by atoms with van der Waals surface area (Å²) in [7, 11) is 1.67. The maximum Gasteiger partial charge on any atom is 0.126 e. The first-order valence-corrected chi connectivity index (χ1v) is 7.24.